The molecule has 6 nitrogen and oxygen atoms in total. The quantitative estimate of drug-likeness (QED) is 0.322. The van der Waals surface area contributed by atoms with Crippen molar-refractivity contribution in [1.82, 2.24) is 4.57 Å². The molecule has 0 bridgehead atoms. The molecule has 1 saturated heterocycles. The molecule has 7 heteroatoms. The van der Waals surface area contributed by atoms with Gasteiger partial charge in [-0.2, -0.15) is 0 Å². The van der Waals surface area contributed by atoms with Gasteiger partial charge in [0.05, 0.1) is 16.5 Å². The molecular weight excluding hydrogens is 353 g/mol. The number of cyclic esters (lactones) is 1. The molecule has 0 amide bonds. The lowest BCUT2D eigenvalue weighted by Gasteiger charge is -2.05. The summed E-state index contributed by atoms with van der Waals surface area (Å²) >= 11 is 0. The average Bonchev–Trinajstić information content (AvgIpc) is 3.19. The number of ether oxygens (including phenoxy) is 1. The van der Waals surface area contributed by atoms with Crippen molar-refractivity contribution in [2.24, 2.45) is 0 Å². The van der Waals surface area contributed by atoms with Gasteiger partial charge in [0.2, 0.25) is 0 Å². The van der Waals surface area contributed by atoms with E-state index >= 15 is 0 Å². The number of aliphatic hydroxyl groups is 1. The number of ketones is 1. The number of carbonyl (C=O) groups is 2. The zero-order valence-electron chi connectivity index (χ0n) is 14.0. The van der Waals surface area contributed by atoms with E-state index in [2.05, 4.69) is 4.74 Å². The van der Waals surface area contributed by atoms with Gasteiger partial charge in [-0.25, -0.2) is 9.18 Å². The number of nitrogens with zero attached hydrogens (tertiary/aromatic N) is 1. The number of benzene rings is 2. The molecule has 27 heavy (non-hydrogen) atoms. The third-order valence-electron chi connectivity index (χ3n) is 4.50. The van der Waals surface area contributed by atoms with Crippen molar-refractivity contribution in [1.29, 1.82) is 0 Å². The van der Waals surface area contributed by atoms with Gasteiger partial charge < -0.3 is 19.5 Å². The van der Waals surface area contributed by atoms with E-state index < -0.39 is 17.5 Å². The summed E-state index contributed by atoms with van der Waals surface area (Å²) in [6, 6.07) is 10.8. The lowest BCUT2D eigenvalue weighted by Crippen LogP contribution is -2.08. The first-order valence-corrected chi connectivity index (χ1v) is 8.15. The highest BCUT2D eigenvalue weighted by Crippen LogP contribution is 2.35. The van der Waals surface area contributed by atoms with Crippen molar-refractivity contribution in [3.8, 4) is 5.75 Å². The summed E-state index contributed by atoms with van der Waals surface area (Å²) in [7, 11) is 0. The highest BCUT2D eigenvalue weighted by molar-refractivity contribution is 6.43. The maximum Gasteiger partial charge on any atom is 0.379 e. The molecule has 1 aliphatic heterocycles. The lowest BCUT2D eigenvalue weighted by molar-refractivity contribution is -0.146. The monoisotopic (exact) mass is 367 g/mol. The van der Waals surface area contributed by atoms with Gasteiger partial charge in [0, 0.05) is 18.3 Å². The van der Waals surface area contributed by atoms with Gasteiger partial charge in [-0.3, -0.25) is 4.79 Å². The van der Waals surface area contributed by atoms with Gasteiger partial charge in [0.15, 0.2) is 0 Å². The minimum absolute atomic E-state index is 0.0785. The van der Waals surface area contributed by atoms with E-state index in [0.717, 1.165) is 5.56 Å². The van der Waals surface area contributed by atoms with Crippen LogP contribution in [-0.4, -0.2) is 33.1 Å². The van der Waals surface area contributed by atoms with Crippen LogP contribution in [0.2, 0.25) is 0 Å². The van der Waals surface area contributed by atoms with Crippen molar-refractivity contribution < 1.29 is 28.9 Å². The fourth-order valence-electron chi connectivity index (χ4n) is 3.16. The SMILES string of the molecule is O=C1OCC(=C(O)c2cn(Cc3ccc(F)cc3)c3cccc(O)c23)C1=O. The second-order valence-corrected chi connectivity index (χ2v) is 6.20. The Bertz CT molecular complexity index is 1110. The Morgan fingerprint density at radius 1 is 1.15 bits per heavy atom. The van der Waals surface area contributed by atoms with Crippen LogP contribution >= 0.6 is 0 Å². The minimum atomic E-state index is -1.02. The minimum Gasteiger partial charge on any atom is -0.507 e. The molecule has 4 rings (SSSR count). The smallest absolute Gasteiger partial charge is 0.379 e. The number of phenols is 1. The first kappa shape index (κ1) is 16.8. The van der Waals surface area contributed by atoms with Gasteiger partial charge in [0.25, 0.3) is 5.78 Å². The van der Waals surface area contributed by atoms with Gasteiger partial charge >= 0.3 is 5.97 Å². The Hall–Kier alpha value is -3.61. The van der Waals surface area contributed by atoms with Gasteiger partial charge in [0.1, 0.15) is 23.9 Å². The molecule has 0 radical (unpaired) electrons. The summed E-state index contributed by atoms with van der Waals surface area (Å²) < 4.78 is 19.6. The van der Waals surface area contributed by atoms with Crippen molar-refractivity contribution in [3.05, 3.63) is 71.2 Å². The Kier molecular flexibility index (Phi) is 3.92. The number of fused-ring (bicyclic) bond motifs is 1. The van der Waals surface area contributed by atoms with Crippen molar-refractivity contribution in [2.75, 3.05) is 6.61 Å². The Balaban J connectivity index is 1.87. The van der Waals surface area contributed by atoms with Gasteiger partial charge in [-0.05, 0) is 29.8 Å². The van der Waals surface area contributed by atoms with Crippen molar-refractivity contribution >= 4 is 28.4 Å². The maximum atomic E-state index is 13.1. The topological polar surface area (TPSA) is 88.8 Å². The Labute approximate surface area is 152 Å². The third-order valence-corrected chi connectivity index (χ3v) is 4.50. The van der Waals surface area contributed by atoms with Crippen LogP contribution in [0.5, 0.6) is 5.75 Å². The molecule has 0 saturated carbocycles. The number of aromatic hydroxyl groups is 1. The van der Waals surface area contributed by atoms with E-state index in [9.17, 15) is 24.2 Å². The Morgan fingerprint density at radius 2 is 1.89 bits per heavy atom. The molecule has 0 unspecified atom stereocenters. The number of aromatic nitrogens is 1. The van der Waals surface area contributed by atoms with Gasteiger partial charge in [-0.1, -0.05) is 18.2 Å². The van der Waals surface area contributed by atoms with E-state index in [1.54, 1.807) is 35.0 Å². The van der Waals surface area contributed by atoms with Crippen LogP contribution in [0.1, 0.15) is 11.1 Å². The fourth-order valence-corrected chi connectivity index (χ4v) is 3.16. The van der Waals surface area contributed by atoms with Crippen LogP contribution < -0.4 is 0 Å². The van der Waals surface area contributed by atoms with Crippen LogP contribution in [0.15, 0.2) is 54.2 Å². The molecule has 2 heterocycles. The summed E-state index contributed by atoms with van der Waals surface area (Å²) in [6.07, 6.45) is 1.58. The first-order chi connectivity index (χ1) is 13.0. The van der Waals surface area contributed by atoms with E-state index in [1.807, 2.05) is 0 Å². The highest BCUT2D eigenvalue weighted by atomic mass is 19.1. The van der Waals surface area contributed by atoms with E-state index in [-0.39, 0.29) is 29.3 Å². The molecular formula is C20H14FNO5. The number of carbonyl (C=O) groups excluding carboxylic acids is 2. The summed E-state index contributed by atoms with van der Waals surface area (Å²) in [4.78, 5) is 23.2. The Morgan fingerprint density at radius 3 is 2.56 bits per heavy atom. The van der Waals surface area contributed by atoms with Gasteiger partial charge in [-0.15, -0.1) is 0 Å². The number of esters is 1. The number of halogens is 1. The zero-order chi connectivity index (χ0) is 19.1. The standard InChI is InChI=1S/C20H14FNO5/c21-12-6-4-11(5-7-12)8-22-9-13(17-15(22)2-1-3-16(17)23)18(24)14-10-27-20(26)19(14)25/h1-7,9,23-24H,8,10H2. The third kappa shape index (κ3) is 2.83. The number of phenolic OH excluding ortho intramolecular Hbond substituents is 1. The fraction of sp³-hybridized carbons (Fsp3) is 0.100. The molecule has 136 valence electrons. The number of Topliss-reactive ketones (excluding diaryl/α,β-unsaturated/α-hetero) is 1. The summed E-state index contributed by atoms with van der Waals surface area (Å²) in [5, 5.41) is 21.2. The summed E-state index contributed by atoms with van der Waals surface area (Å²) in [5.74, 6) is -2.75. The lowest BCUT2D eigenvalue weighted by atomic mass is 10.1. The van der Waals surface area contributed by atoms with Crippen LogP contribution in [0.25, 0.3) is 16.7 Å². The second-order valence-electron chi connectivity index (χ2n) is 6.20. The molecule has 2 N–H and O–H groups in total. The number of hydrogen-bond donors (Lipinski definition) is 2. The number of aliphatic hydroxyl groups excluding tert-OH is 1. The second kappa shape index (κ2) is 6.28. The average molecular weight is 367 g/mol. The first-order valence-electron chi connectivity index (χ1n) is 8.15. The normalized spacial score (nSPS) is 16.0. The maximum absolute atomic E-state index is 13.1. The van der Waals surface area contributed by atoms with E-state index in [0.29, 0.717) is 17.4 Å². The molecule has 0 aliphatic carbocycles. The summed E-state index contributed by atoms with van der Waals surface area (Å²) in [6.45, 7) is 0.0357. The molecule has 1 aromatic heterocycles. The molecule has 2 aromatic carbocycles. The zero-order valence-corrected chi connectivity index (χ0v) is 14.0. The summed E-state index contributed by atoms with van der Waals surface area (Å²) in [5.41, 5.74) is 1.49. The van der Waals surface area contributed by atoms with Crippen molar-refractivity contribution in [2.45, 2.75) is 6.54 Å². The predicted molar refractivity (Wildman–Crippen MR) is 94.6 cm³/mol. The molecule has 1 fully saturated rings. The van der Waals surface area contributed by atoms with Crippen molar-refractivity contribution in [3.63, 3.8) is 0 Å². The van der Waals surface area contributed by atoms with E-state index in [4.69, 9.17) is 0 Å². The largest absolute Gasteiger partial charge is 0.507 e. The van der Waals surface area contributed by atoms with E-state index in [1.165, 1.54) is 18.2 Å². The predicted octanol–water partition coefficient (Wildman–Crippen LogP) is 2.93. The van der Waals surface area contributed by atoms with Crippen LogP contribution in [-0.2, 0) is 20.9 Å². The van der Waals surface area contributed by atoms with Crippen LogP contribution in [0, 0.1) is 5.82 Å². The number of rotatable bonds is 3. The van der Waals surface area contributed by atoms with Crippen LogP contribution in [0.4, 0.5) is 4.39 Å². The molecule has 1 aliphatic rings. The molecule has 3 aromatic rings. The molecule has 0 atom stereocenters. The highest BCUT2D eigenvalue weighted by Gasteiger charge is 2.33. The van der Waals surface area contributed by atoms with Crippen LogP contribution in [0.3, 0.4) is 0 Å². The number of hydrogen-bond acceptors (Lipinski definition) is 5. The molecule has 0 spiro atoms.